The van der Waals surface area contributed by atoms with Crippen molar-refractivity contribution in [2.24, 2.45) is 5.41 Å². The average Bonchev–Trinajstić information content (AvgIpc) is 2.46. The molecule has 1 saturated heterocycles. The Labute approximate surface area is 99.8 Å². The largest absolute Gasteiger partial charge is 0.355 e. The van der Waals surface area contributed by atoms with E-state index in [4.69, 9.17) is 0 Å². The van der Waals surface area contributed by atoms with Crippen LogP contribution < -0.4 is 4.90 Å². The molecule has 1 aromatic heterocycles. The Morgan fingerprint density at radius 2 is 2.20 bits per heavy atom. The molecule has 0 spiro atoms. The van der Waals surface area contributed by atoms with E-state index in [0.29, 0.717) is 5.41 Å². The molecular formula is C12H17BrN2. The van der Waals surface area contributed by atoms with Crippen molar-refractivity contribution in [2.75, 3.05) is 18.0 Å². The molecule has 0 bridgehead atoms. The highest BCUT2D eigenvalue weighted by Crippen LogP contribution is 2.34. The minimum Gasteiger partial charge on any atom is -0.355 e. The van der Waals surface area contributed by atoms with E-state index in [0.717, 1.165) is 23.4 Å². The van der Waals surface area contributed by atoms with Gasteiger partial charge in [-0.25, -0.2) is 4.98 Å². The molecule has 1 aromatic rings. The van der Waals surface area contributed by atoms with Crippen LogP contribution in [-0.2, 0) is 0 Å². The minimum absolute atomic E-state index is 0.423. The predicted molar refractivity (Wildman–Crippen MR) is 67.3 cm³/mol. The van der Waals surface area contributed by atoms with E-state index < -0.39 is 0 Å². The summed E-state index contributed by atoms with van der Waals surface area (Å²) in [5.74, 6) is 1.09. The van der Waals surface area contributed by atoms with Gasteiger partial charge in [-0.15, -0.1) is 0 Å². The lowest BCUT2D eigenvalue weighted by Gasteiger charge is -2.21. The van der Waals surface area contributed by atoms with Gasteiger partial charge in [0.2, 0.25) is 0 Å². The van der Waals surface area contributed by atoms with E-state index >= 15 is 0 Å². The van der Waals surface area contributed by atoms with Gasteiger partial charge in [0, 0.05) is 19.3 Å². The van der Waals surface area contributed by atoms with Crippen molar-refractivity contribution in [1.29, 1.82) is 0 Å². The first kappa shape index (κ1) is 10.9. The summed E-state index contributed by atoms with van der Waals surface area (Å²) in [6, 6.07) is 2.13. The molecule has 1 aliphatic heterocycles. The van der Waals surface area contributed by atoms with Gasteiger partial charge in [-0.1, -0.05) is 13.8 Å². The van der Waals surface area contributed by atoms with Gasteiger partial charge in [0.05, 0.1) is 4.47 Å². The van der Waals surface area contributed by atoms with Crippen LogP contribution in [0.2, 0.25) is 0 Å². The Hall–Kier alpha value is -0.570. The Morgan fingerprint density at radius 1 is 1.47 bits per heavy atom. The van der Waals surface area contributed by atoms with Crippen molar-refractivity contribution < 1.29 is 0 Å². The molecule has 15 heavy (non-hydrogen) atoms. The Bertz CT molecular complexity index is 374. The molecule has 2 rings (SSSR count). The molecule has 0 aromatic carbocycles. The molecule has 0 radical (unpaired) electrons. The van der Waals surface area contributed by atoms with Crippen molar-refractivity contribution in [3.63, 3.8) is 0 Å². The highest BCUT2D eigenvalue weighted by atomic mass is 79.9. The van der Waals surface area contributed by atoms with Crippen LogP contribution in [0, 0.1) is 12.3 Å². The second-order valence-electron chi connectivity index (χ2n) is 5.15. The lowest BCUT2D eigenvalue weighted by atomic mass is 9.93. The fraction of sp³-hybridized carbons (Fsp3) is 0.583. The predicted octanol–water partition coefficient (Wildman–Crippen LogP) is 3.39. The van der Waals surface area contributed by atoms with Crippen LogP contribution >= 0.6 is 15.9 Å². The monoisotopic (exact) mass is 268 g/mol. The zero-order valence-electron chi connectivity index (χ0n) is 9.55. The number of hydrogen-bond donors (Lipinski definition) is 0. The van der Waals surface area contributed by atoms with Gasteiger partial charge in [0.25, 0.3) is 0 Å². The van der Waals surface area contributed by atoms with Crippen molar-refractivity contribution in [2.45, 2.75) is 27.2 Å². The summed E-state index contributed by atoms with van der Waals surface area (Å²) in [5.41, 5.74) is 1.62. The van der Waals surface area contributed by atoms with Gasteiger partial charge < -0.3 is 4.90 Å². The highest BCUT2D eigenvalue weighted by molar-refractivity contribution is 9.10. The third-order valence-corrected chi connectivity index (χ3v) is 3.52. The van der Waals surface area contributed by atoms with Gasteiger partial charge in [0.15, 0.2) is 0 Å². The summed E-state index contributed by atoms with van der Waals surface area (Å²) < 4.78 is 1.11. The first-order chi connectivity index (χ1) is 6.98. The Balaban J connectivity index is 2.24. The van der Waals surface area contributed by atoms with E-state index in [1.54, 1.807) is 0 Å². The second-order valence-corrected chi connectivity index (χ2v) is 6.01. The Kier molecular flexibility index (Phi) is 2.75. The zero-order valence-corrected chi connectivity index (χ0v) is 11.1. The molecule has 0 amide bonds. The molecule has 1 fully saturated rings. The first-order valence-corrected chi connectivity index (χ1v) is 6.14. The average molecular weight is 269 g/mol. The summed E-state index contributed by atoms with van der Waals surface area (Å²) in [7, 11) is 0. The molecule has 2 heterocycles. The number of anilines is 1. The summed E-state index contributed by atoms with van der Waals surface area (Å²) >= 11 is 3.59. The van der Waals surface area contributed by atoms with Crippen LogP contribution in [0.5, 0.6) is 0 Å². The van der Waals surface area contributed by atoms with Crippen molar-refractivity contribution in [3.05, 3.63) is 22.3 Å². The number of hydrogen-bond acceptors (Lipinski definition) is 2. The number of pyridine rings is 1. The number of halogens is 1. The van der Waals surface area contributed by atoms with E-state index in [1.807, 2.05) is 6.20 Å². The molecule has 0 atom stereocenters. The summed E-state index contributed by atoms with van der Waals surface area (Å²) in [4.78, 5) is 6.87. The van der Waals surface area contributed by atoms with E-state index in [-0.39, 0.29) is 0 Å². The molecule has 3 heteroatoms. The van der Waals surface area contributed by atoms with Crippen molar-refractivity contribution >= 4 is 21.7 Å². The summed E-state index contributed by atoms with van der Waals surface area (Å²) in [6.45, 7) is 8.91. The molecular weight excluding hydrogens is 252 g/mol. The third kappa shape index (κ3) is 2.33. The summed E-state index contributed by atoms with van der Waals surface area (Å²) in [5, 5.41) is 0. The lowest BCUT2D eigenvalue weighted by Crippen LogP contribution is -2.23. The topological polar surface area (TPSA) is 16.1 Å². The molecule has 0 unspecified atom stereocenters. The number of aromatic nitrogens is 1. The number of nitrogens with zero attached hydrogens (tertiary/aromatic N) is 2. The van der Waals surface area contributed by atoms with Crippen molar-refractivity contribution in [1.82, 2.24) is 4.98 Å². The SMILES string of the molecule is Cc1cnc(N2CCC(C)(C)C2)c(Br)c1. The first-order valence-electron chi connectivity index (χ1n) is 5.35. The fourth-order valence-electron chi connectivity index (χ4n) is 2.05. The zero-order chi connectivity index (χ0) is 11.1. The van der Waals surface area contributed by atoms with Gasteiger partial charge >= 0.3 is 0 Å². The minimum atomic E-state index is 0.423. The van der Waals surface area contributed by atoms with Crippen LogP contribution in [0.4, 0.5) is 5.82 Å². The van der Waals surface area contributed by atoms with Crippen LogP contribution in [0.25, 0.3) is 0 Å². The van der Waals surface area contributed by atoms with Crippen LogP contribution in [0.1, 0.15) is 25.8 Å². The van der Waals surface area contributed by atoms with Crippen LogP contribution in [0.15, 0.2) is 16.7 Å². The number of rotatable bonds is 1. The van der Waals surface area contributed by atoms with Crippen LogP contribution in [0.3, 0.4) is 0 Å². The van der Waals surface area contributed by atoms with Gasteiger partial charge in [0.1, 0.15) is 5.82 Å². The second kappa shape index (κ2) is 3.78. The normalized spacial score (nSPS) is 19.6. The maximum atomic E-state index is 4.50. The molecule has 2 nitrogen and oxygen atoms in total. The molecule has 0 N–H and O–H groups in total. The maximum absolute atomic E-state index is 4.50. The van der Waals surface area contributed by atoms with E-state index in [2.05, 4.69) is 52.7 Å². The highest BCUT2D eigenvalue weighted by Gasteiger charge is 2.30. The fourth-order valence-corrected chi connectivity index (χ4v) is 2.77. The van der Waals surface area contributed by atoms with E-state index in [1.165, 1.54) is 12.0 Å². The van der Waals surface area contributed by atoms with E-state index in [9.17, 15) is 0 Å². The van der Waals surface area contributed by atoms with Gasteiger partial charge in [-0.05, 0) is 46.3 Å². The van der Waals surface area contributed by atoms with Gasteiger partial charge in [-0.2, -0.15) is 0 Å². The molecule has 0 saturated carbocycles. The van der Waals surface area contributed by atoms with Crippen molar-refractivity contribution in [3.8, 4) is 0 Å². The number of aryl methyl sites for hydroxylation is 1. The summed E-state index contributed by atoms with van der Waals surface area (Å²) in [6.07, 6.45) is 3.18. The smallest absolute Gasteiger partial charge is 0.142 e. The molecule has 0 aliphatic carbocycles. The standard InChI is InChI=1S/C12H17BrN2/c1-9-6-10(13)11(14-7-9)15-5-4-12(2,3)8-15/h6-7H,4-5,8H2,1-3H3. The maximum Gasteiger partial charge on any atom is 0.142 e. The van der Waals surface area contributed by atoms with Crippen LogP contribution in [-0.4, -0.2) is 18.1 Å². The van der Waals surface area contributed by atoms with Gasteiger partial charge in [-0.3, -0.25) is 0 Å². The Morgan fingerprint density at radius 3 is 2.73 bits per heavy atom. The lowest BCUT2D eigenvalue weighted by molar-refractivity contribution is 0.418. The quantitative estimate of drug-likeness (QED) is 0.776. The molecule has 82 valence electrons. The molecule has 1 aliphatic rings. The third-order valence-electron chi connectivity index (χ3n) is 2.94.